The molecular formula is C12H17NO2. The molecule has 0 aliphatic carbocycles. The van der Waals surface area contributed by atoms with Crippen LogP contribution in [-0.2, 0) is 4.74 Å². The average Bonchev–Trinajstić information content (AvgIpc) is 2.64. The second-order valence-electron chi connectivity index (χ2n) is 3.97. The number of methoxy groups -OCH3 is 1. The van der Waals surface area contributed by atoms with Crippen molar-refractivity contribution < 1.29 is 9.47 Å². The van der Waals surface area contributed by atoms with E-state index in [-0.39, 0.29) is 12.1 Å². The summed E-state index contributed by atoms with van der Waals surface area (Å²) < 4.78 is 10.8. The van der Waals surface area contributed by atoms with Crippen molar-refractivity contribution in [3.63, 3.8) is 0 Å². The molecule has 0 bridgehead atoms. The first-order valence-corrected chi connectivity index (χ1v) is 5.24. The van der Waals surface area contributed by atoms with E-state index >= 15 is 0 Å². The van der Waals surface area contributed by atoms with Crippen molar-refractivity contribution in [2.75, 3.05) is 13.7 Å². The second kappa shape index (κ2) is 4.21. The Morgan fingerprint density at radius 1 is 1.47 bits per heavy atom. The number of nitrogens with two attached hydrogens (primary N) is 1. The van der Waals surface area contributed by atoms with Gasteiger partial charge in [0.15, 0.2) is 0 Å². The molecule has 0 saturated carbocycles. The Kier molecular flexibility index (Phi) is 2.93. The standard InChI is InChI=1S/C12H17NO2/c1-8-7-9(3-4-11(8)14-2)12-10(13)5-6-15-12/h3-4,7,10,12H,5-6,13H2,1-2H3. The normalized spacial score (nSPS) is 25.5. The molecule has 0 amide bonds. The molecule has 1 heterocycles. The zero-order valence-corrected chi connectivity index (χ0v) is 9.19. The van der Waals surface area contributed by atoms with E-state index < -0.39 is 0 Å². The van der Waals surface area contributed by atoms with E-state index in [0.29, 0.717) is 0 Å². The smallest absolute Gasteiger partial charge is 0.121 e. The highest BCUT2D eigenvalue weighted by molar-refractivity contribution is 5.37. The van der Waals surface area contributed by atoms with Gasteiger partial charge in [-0.25, -0.2) is 0 Å². The number of aryl methyl sites for hydroxylation is 1. The third-order valence-corrected chi connectivity index (χ3v) is 2.88. The molecule has 1 aliphatic rings. The van der Waals surface area contributed by atoms with Gasteiger partial charge < -0.3 is 15.2 Å². The lowest BCUT2D eigenvalue weighted by Crippen LogP contribution is -2.23. The molecular weight excluding hydrogens is 190 g/mol. The van der Waals surface area contributed by atoms with E-state index in [9.17, 15) is 0 Å². The Hall–Kier alpha value is -1.06. The summed E-state index contributed by atoms with van der Waals surface area (Å²) in [5.74, 6) is 0.908. The van der Waals surface area contributed by atoms with Crippen LogP contribution in [0, 0.1) is 6.92 Å². The first kappa shape index (κ1) is 10.5. The van der Waals surface area contributed by atoms with Crippen LogP contribution < -0.4 is 10.5 Å². The molecule has 1 aromatic carbocycles. The summed E-state index contributed by atoms with van der Waals surface area (Å²) in [5, 5.41) is 0. The van der Waals surface area contributed by atoms with Crippen molar-refractivity contribution in [2.45, 2.75) is 25.5 Å². The summed E-state index contributed by atoms with van der Waals surface area (Å²) in [6.45, 7) is 2.79. The van der Waals surface area contributed by atoms with Crippen molar-refractivity contribution in [1.82, 2.24) is 0 Å². The van der Waals surface area contributed by atoms with Crippen LogP contribution in [0.5, 0.6) is 5.75 Å². The molecule has 3 nitrogen and oxygen atoms in total. The van der Waals surface area contributed by atoms with Crippen LogP contribution >= 0.6 is 0 Å². The minimum atomic E-state index is 0.0506. The summed E-state index contributed by atoms with van der Waals surface area (Å²) >= 11 is 0. The van der Waals surface area contributed by atoms with Crippen LogP contribution in [0.25, 0.3) is 0 Å². The molecule has 2 rings (SSSR count). The number of hydrogen-bond donors (Lipinski definition) is 1. The lowest BCUT2D eigenvalue weighted by Gasteiger charge is -2.16. The van der Waals surface area contributed by atoms with Crippen LogP contribution in [0.3, 0.4) is 0 Å². The van der Waals surface area contributed by atoms with Gasteiger partial charge in [0.2, 0.25) is 0 Å². The molecule has 15 heavy (non-hydrogen) atoms. The van der Waals surface area contributed by atoms with Gasteiger partial charge in [-0.15, -0.1) is 0 Å². The average molecular weight is 207 g/mol. The Labute approximate surface area is 90.2 Å². The lowest BCUT2D eigenvalue weighted by atomic mass is 10.0. The van der Waals surface area contributed by atoms with E-state index in [0.717, 1.165) is 29.9 Å². The first-order chi connectivity index (χ1) is 7.22. The lowest BCUT2D eigenvalue weighted by molar-refractivity contribution is 0.105. The second-order valence-corrected chi connectivity index (χ2v) is 3.97. The summed E-state index contributed by atoms with van der Waals surface area (Å²) in [4.78, 5) is 0. The fourth-order valence-corrected chi connectivity index (χ4v) is 2.03. The fourth-order valence-electron chi connectivity index (χ4n) is 2.03. The van der Waals surface area contributed by atoms with Gasteiger partial charge >= 0.3 is 0 Å². The van der Waals surface area contributed by atoms with Crippen molar-refractivity contribution in [3.05, 3.63) is 29.3 Å². The van der Waals surface area contributed by atoms with Gasteiger partial charge in [-0.2, -0.15) is 0 Å². The molecule has 0 spiro atoms. The largest absolute Gasteiger partial charge is 0.496 e. The van der Waals surface area contributed by atoms with Crippen LogP contribution in [0.15, 0.2) is 18.2 Å². The fraction of sp³-hybridized carbons (Fsp3) is 0.500. The van der Waals surface area contributed by atoms with Gasteiger partial charge in [-0.3, -0.25) is 0 Å². The maximum atomic E-state index is 5.98. The third-order valence-electron chi connectivity index (χ3n) is 2.88. The topological polar surface area (TPSA) is 44.5 Å². The van der Waals surface area contributed by atoms with Gasteiger partial charge in [0.25, 0.3) is 0 Å². The van der Waals surface area contributed by atoms with E-state index in [1.807, 2.05) is 19.1 Å². The first-order valence-electron chi connectivity index (χ1n) is 5.24. The molecule has 3 heteroatoms. The minimum Gasteiger partial charge on any atom is -0.496 e. The summed E-state index contributed by atoms with van der Waals surface area (Å²) in [7, 11) is 1.68. The van der Waals surface area contributed by atoms with Crippen molar-refractivity contribution >= 4 is 0 Å². The minimum absolute atomic E-state index is 0.0506. The van der Waals surface area contributed by atoms with E-state index in [4.69, 9.17) is 15.2 Å². The Morgan fingerprint density at radius 2 is 2.27 bits per heavy atom. The van der Waals surface area contributed by atoms with Gasteiger partial charge in [-0.1, -0.05) is 6.07 Å². The molecule has 0 aromatic heterocycles. The Bertz CT molecular complexity index is 351. The predicted octanol–water partition coefficient (Wildman–Crippen LogP) is 1.79. The highest BCUT2D eigenvalue weighted by Crippen LogP contribution is 2.30. The Balaban J connectivity index is 2.25. The van der Waals surface area contributed by atoms with Crippen LogP contribution in [0.2, 0.25) is 0 Å². The maximum Gasteiger partial charge on any atom is 0.121 e. The van der Waals surface area contributed by atoms with Gasteiger partial charge in [0.05, 0.1) is 13.2 Å². The molecule has 1 aliphatic heterocycles. The van der Waals surface area contributed by atoms with Gasteiger partial charge in [0.1, 0.15) is 5.75 Å². The van der Waals surface area contributed by atoms with Crippen LogP contribution in [-0.4, -0.2) is 19.8 Å². The quantitative estimate of drug-likeness (QED) is 0.804. The van der Waals surface area contributed by atoms with E-state index in [1.54, 1.807) is 7.11 Å². The molecule has 1 fully saturated rings. The van der Waals surface area contributed by atoms with Gasteiger partial charge in [-0.05, 0) is 36.6 Å². The molecule has 0 radical (unpaired) electrons. The molecule has 1 aromatic rings. The number of benzene rings is 1. The number of ether oxygens (including phenoxy) is 2. The van der Waals surface area contributed by atoms with Crippen molar-refractivity contribution in [1.29, 1.82) is 0 Å². The van der Waals surface area contributed by atoms with Crippen molar-refractivity contribution in [2.24, 2.45) is 5.73 Å². The predicted molar refractivity (Wildman–Crippen MR) is 59.0 cm³/mol. The molecule has 82 valence electrons. The van der Waals surface area contributed by atoms with Gasteiger partial charge in [0, 0.05) is 12.6 Å². The highest BCUT2D eigenvalue weighted by Gasteiger charge is 2.26. The van der Waals surface area contributed by atoms with Crippen molar-refractivity contribution in [3.8, 4) is 5.75 Å². The highest BCUT2D eigenvalue weighted by atomic mass is 16.5. The number of rotatable bonds is 2. The van der Waals surface area contributed by atoms with Crippen LogP contribution in [0.4, 0.5) is 0 Å². The van der Waals surface area contributed by atoms with E-state index in [1.165, 1.54) is 0 Å². The summed E-state index contributed by atoms with van der Waals surface area (Å²) in [6.07, 6.45) is 0.991. The molecule has 2 unspecified atom stereocenters. The monoisotopic (exact) mass is 207 g/mol. The third kappa shape index (κ3) is 1.98. The zero-order chi connectivity index (χ0) is 10.8. The summed E-state index contributed by atoms with van der Waals surface area (Å²) in [6, 6.07) is 6.22. The molecule has 2 atom stereocenters. The summed E-state index contributed by atoms with van der Waals surface area (Å²) in [5.41, 5.74) is 8.25. The molecule has 2 N–H and O–H groups in total. The Morgan fingerprint density at radius 3 is 2.80 bits per heavy atom. The van der Waals surface area contributed by atoms with E-state index in [2.05, 4.69) is 6.07 Å². The maximum absolute atomic E-state index is 5.98. The number of hydrogen-bond acceptors (Lipinski definition) is 3. The molecule has 1 saturated heterocycles. The van der Waals surface area contributed by atoms with Crippen LogP contribution in [0.1, 0.15) is 23.7 Å². The zero-order valence-electron chi connectivity index (χ0n) is 9.19. The SMILES string of the molecule is COc1ccc(C2OCCC2N)cc1C.